The van der Waals surface area contributed by atoms with E-state index >= 15 is 0 Å². The Labute approximate surface area is 116 Å². The second kappa shape index (κ2) is 4.17. The normalized spacial score (nSPS) is 19.9. The number of aliphatic imine (C=N–C) groups is 1. The van der Waals surface area contributed by atoms with Gasteiger partial charge in [-0.25, -0.2) is 0 Å². The van der Waals surface area contributed by atoms with Crippen LogP contribution in [0.4, 0.5) is 5.69 Å². The van der Waals surface area contributed by atoms with E-state index in [0.717, 1.165) is 5.06 Å². The Kier molecular flexibility index (Phi) is 2.98. The number of phenolic OH excluding ortho intramolecular Hbond substituents is 1. The highest BCUT2D eigenvalue weighted by molar-refractivity contribution is 6.00. The number of amidine groups is 1. The van der Waals surface area contributed by atoms with Crippen molar-refractivity contribution in [2.45, 2.75) is 38.8 Å². The molecular weight excluding hydrogens is 262 g/mol. The van der Waals surface area contributed by atoms with Crippen LogP contribution in [0.15, 0.2) is 23.2 Å². The van der Waals surface area contributed by atoms with Gasteiger partial charge in [0.1, 0.15) is 0 Å². The van der Waals surface area contributed by atoms with Gasteiger partial charge in [0.15, 0.2) is 11.6 Å². The van der Waals surface area contributed by atoms with Crippen LogP contribution in [0.3, 0.4) is 0 Å². The fraction of sp³-hybridized carbons (Fsp3) is 0.462. The number of aromatic hydroxyl groups is 1. The van der Waals surface area contributed by atoms with Gasteiger partial charge in [-0.15, -0.1) is 0 Å². The molecule has 20 heavy (non-hydrogen) atoms. The molecule has 0 atom stereocenters. The van der Waals surface area contributed by atoms with E-state index in [4.69, 9.17) is 0 Å². The molecule has 0 amide bonds. The third kappa shape index (κ3) is 1.90. The van der Waals surface area contributed by atoms with Gasteiger partial charge in [0.2, 0.25) is 0 Å². The summed E-state index contributed by atoms with van der Waals surface area (Å²) < 4.78 is 0. The van der Waals surface area contributed by atoms with Crippen LogP contribution in [0.5, 0.6) is 5.75 Å². The number of rotatable bonds is 2. The summed E-state index contributed by atoms with van der Waals surface area (Å²) in [6.07, 6.45) is 0. The lowest BCUT2D eigenvalue weighted by Gasteiger charge is -2.35. The van der Waals surface area contributed by atoms with E-state index in [2.05, 4.69) is 4.99 Å². The minimum absolute atomic E-state index is 0.171. The molecule has 7 nitrogen and oxygen atoms in total. The molecule has 0 fully saturated rings. The third-order valence-corrected chi connectivity index (χ3v) is 4.01. The van der Waals surface area contributed by atoms with Gasteiger partial charge in [0.25, 0.3) is 0 Å². The minimum atomic E-state index is -0.736. The van der Waals surface area contributed by atoms with E-state index in [1.54, 1.807) is 13.8 Å². The van der Waals surface area contributed by atoms with Crippen LogP contribution in [0.2, 0.25) is 0 Å². The molecule has 1 radical (unpaired) electrons. The maximum Gasteiger partial charge on any atom is 0.310 e. The molecule has 0 saturated carbocycles. The first-order chi connectivity index (χ1) is 9.08. The average molecular weight is 278 g/mol. The third-order valence-electron chi connectivity index (χ3n) is 4.01. The first-order valence-corrected chi connectivity index (χ1v) is 6.13. The van der Waals surface area contributed by atoms with Gasteiger partial charge in [-0.2, -0.15) is 5.06 Å². The summed E-state index contributed by atoms with van der Waals surface area (Å²) in [5.74, 6) is -0.309. The van der Waals surface area contributed by atoms with Crippen molar-refractivity contribution in [2.75, 3.05) is 0 Å². The Morgan fingerprint density at radius 1 is 1.30 bits per heavy atom. The topological polar surface area (TPSA) is 98.9 Å². The van der Waals surface area contributed by atoms with Gasteiger partial charge < -0.3 is 5.11 Å². The number of nitrogens with zero attached hydrogens (tertiary/aromatic N) is 3. The van der Waals surface area contributed by atoms with E-state index in [1.807, 2.05) is 13.8 Å². The van der Waals surface area contributed by atoms with Crippen LogP contribution in [0.25, 0.3) is 0 Å². The summed E-state index contributed by atoms with van der Waals surface area (Å²) in [6.45, 7) is 7.25. The molecule has 1 aliphatic heterocycles. The SMILES string of the molecule is CC1(C)N=C(c2ccc([N+](=O)[O-])c(O)c2)N([O])C1(C)C. The number of hydroxylamine groups is 2. The zero-order valence-electron chi connectivity index (χ0n) is 11.7. The molecule has 0 unspecified atom stereocenters. The lowest BCUT2D eigenvalue weighted by molar-refractivity contribution is -0.385. The monoisotopic (exact) mass is 278 g/mol. The molecule has 2 rings (SSSR count). The second-order valence-electron chi connectivity index (χ2n) is 5.81. The summed E-state index contributed by atoms with van der Waals surface area (Å²) in [7, 11) is 0. The largest absolute Gasteiger partial charge is 0.502 e. The van der Waals surface area contributed by atoms with Gasteiger partial charge in [-0.05, 0) is 39.8 Å². The van der Waals surface area contributed by atoms with Crippen LogP contribution in [0, 0.1) is 10.1 Å². The van der Waals surface area contributed by atoms with Crippen LogP contribution < -0.4 is 0 Å². The molecular formula is C13H16N3O4. The van der Waals surface area contributed by atoms with Crippen molar-refractivity contribution in [3.63, 3.8) is 0 Å². The summed E-state index contributed by atoms with van der Waals surface area (Å²) in [6, 6.07) is 3.78. The summed E-state index contributed by atoms with van der Waals surface area (Å²) in [4.78, 5) is 14.4. The Morgan fingerprint density at radius 2 is 1.90 bits per heavy atom. The predicted molar refractivity (Wildman–Crippen MR) is 72.0 cm³/mol. The Balaban J connectivity index is 2.49. The van der Waals surface area contributed by atoms with Crippen molar-refractivity contribution in [1.82, 2.24) is 5.06 Å². The predicted octanol–water partition coefficient (Wildman–Crippen LogP) is 2.27. The fourth-order valence-electron chi connectivity index (χ4n) is 1.96. The minimum Gasteiger partial charge on any atom is -0.502 e. The number of phenols is 1. The van der Waals surface area contributed by atoms with E-state index in [1.165, 1.54) is 18.2 Å². The number of nitro benzene ring substituents is 1. The van der Waals surface area contributed by atoms with Crippen molar-refractivity contribution in [1.29, 1.82) is 0 Å². The zero-order valence-corrected chi connectivity index (χ0v) is 11.7. The van der Waals surface area contributed by atoms with Crippen LogP contribution in [0.1, 0.15) is 33.3 Å². The number of hydrogen-bond donors (Lipinski definition) is 1. The zero-order chi connectivity index (χ0) is 15.3. The molecule has 1 heterocycles. The van der Waals surface area contributed by atoms with Gasteiger partial charge in [-0.3, -0.25) is 15.1 Å². The van der Waals surface area contributed by atoms with Crippen molar-refractivity contribution in [2.24, 2.45) is 4.99 Å². The highest BCUT2D eigenvalue weighted by Crippen LogP contribution is 2.39. The second-order valence-corrected chi connectivity index (χ2v) is 5.81. The van der Waals surface area contributed by atoms with Crippen LogP contribution >= 0.6 is 0 Å². The van der Waals surface area contributed by atoms with Crippen molar-refractivity contribution < 1.29 is 15.2 Å². The van der Waals surface area contributed by atoms with Gasteiger partial charge >= 0.3 is 5.69 Å². The maximum absolute atomic E-state index is 12.3. The molecule has 1 aromatic rings. The van der Waals surface area contributed by atoms with Gasteiger partial charge in [0.05, 0.1) is 16.0 Å². The molecule has 7 heteroatoms. The Hall–Kier alpha value is -2.15. The number of hydrogen-bond acceptors (Lipinski definition) is 5. The van der Waals surface area contributed by atoms with E-state index < -0.39 is 27.4 Å². The summed E-state index contributed by atoms with van der Waals surface area (Å²) in [5.41, 5.74) is -1.37. The molecule has 0 aromatic heterocycles. The van der Waals surface area contributed by atoms with E-state index in [-0.39, 0.29) is 5.84 Å². The molecule has 107 valence electrons. The molecule has 0 aliphatic carbocycles. The molecule has 0 saturated heterocycles. The van der Waals surface area contributed by atoms with Crippen LogP contribution in [-0.4, -0.2) is 32.0 Å². The lowest BCUT2D eigenvalue weighted by Crippen LogP contribution is -2.50. The standard InChI is InChI=1S/C13H16N3O4/c1-12(2)13(3,4)15(18)11(14-12)8-5-6-9(16(19)20)10(17)7-8/h5-7,17H,1-4H3. The number of nitro groups is 1. The van der Waals surface area contributed by atoms with E-state index in [0.29, 0.717) is 5.56 Å². The van der Waals surface area contributed by atoms with Gasteiger partial charge in [-0.1, -0.05) is 5.21 Å². The van der Waals surface area contributed by atoms with Crippen molar-refractivity contribution >= 4 is 11.5 Å². The first kappa shape index (κ1) is 14.3. The molecule has 1 aliphatic rings. The lowest BCUT2D eigenvalue weighted by atomic mass is 9.84. The summed E-state index contributed by atoms with van der Waals surface area (Å²) in [5, 5.41) is 33.4. The van der Waals surface area contributed by atoms with Crippen molar-refractivity contribution in [3.05, 3.63) is 33.9 Å². The van der Waals surface area contributed by atoms with Crippen LogP contribution in [-0.2, 0) is 5.21 Å². The van der Waals surface area contributed by atoms with Gasteiger partial charge in [0, 0.05) is 11.6 Å². The highest BCUT2D eigenvalue weighted by Gasteiger charge is 2.50. The average Bonchev–Trinajstić information content (AvgIpc) is 2.49. The smallest absolute Gasteiger partial charge is 0.310 e. The highest BCUT2D eigenvalue weighted by atomic mass is 16.6. The first-order valence-electron chi connectivity index (χ1n) is 6.13. The summed E-state index contributed by atoms with van der Waals surface area (Å²) >= 11 is 0. The maximum atomic E-state index is 12.3. The number of benzene rings is 1. The van der Waals surface area contributed by atoms with E-state index in [9.17, 15) is 20.4 Å². The molecule has 0 bridgehead atoms. The molecule has 0 spiro atoms. The van der Waals surface area contributed by atoms with Crippen molar-refractivity contribution in [3.8, 4) is 5.75 Å². The Morgan fingerprint density at radius 3 is 2.30 bits per heavy atom. The molecule has 1 N–H and O–H groups in total. The Bertz CT molecular complexity index is 608. The fourth-order valence-corrected chi connectivity index (χ4v) is 1.96. The molecule has 1 aromatic carbocycles. The quantitative estimate of drug-likeness (QED) is 0.662.